The van der Waals surface area contributed by atoms with Crippen molar-refractivity contribution in [3.05, 3.63) is 28.3 Å². The minimum atomic E-state index is -1.00. The van der Waals surface area contributed by atoms with Gasteiger partial charge in [0.05, 0.1) is 17.0 Å². The van der Waals surface area contributed by atoms with Crippen molar-refractivity contribution in [2.45, 2.75) is 50.8 Å². The second-order valence-electron chi connectivity index (χ2n) is 4.54. The van der Waals surface area contributed by atoms with Gasteiger partial charge in [-0.3, -0.25) is 0 Å². The molecule has 2 aromatic rings. The first-order valence-corrected chi connectivity index (χ1v) is 7.53. The molecule has 0 spiro atoms. The third-order valence-corrected chi connectivity index (χ3v) is 4.05. The standard InChI is InChI=1S/C14H17N3O3S/c1-5-9-10(6-2)16-17-12(11(9)13(18)19)21-14-15-7(3)8(4)20-14/h5-6H2,1-4H3,(H,18,19). The number of rotatable bonds is 5. The van der Waals surface area contributed by atoms with Crippen molar-refractivity contribution in [2.75, 3.05) is 0 Å². The first-order valence-electron chi connectivity index (χ1n) is 6.71. The minimum absolute atomic E-state index is 0.197. The Morgan fingerprint density at radius 3 is 2.43 bits per heavy atom. The minimum Gasteiger partial charge on any atom is -0.478 e. The normalized spacial score (nSPS) is 10.9. The Balaban J connectivity index is 2.50. The average Bonchev–Trinajstić information content (AvgIpc) is 2.76. The predicted octanol–water partition coefficient (Wildman–Crippen LogP) is 3.06. The summed E-state index contributed by atoms with van der Waals surface area (Å²) >= 11 is 1.09. The number of hydrogen-bond donors (Lipinski definition) is 1. The monoisotopic (exact) mass is 307 g/mol. The van der Waals surface area contributed by atoms with Gasteiger partial charge in [0.15, 0.2) is 0 Å². The van der Waals surface area contributed by atoms with Gasteiger partial charge < -0.3 is 9.52 Å². The van der Waals surface area contributed by atoms with Gasteiger partial charge in [-0.2, -0.15) is 5.10 Å². The maximum Gasteiger partial charge on any atom is 0.338 e. The van der Waals surface area contributed by atoms with Crippen LogP contribution >= 0.6 is 11.8 Å². The van der Waals surface area contributed by atoms with E-state index < -0.39 is 5.97 Å². The molecule has 0 aliphatic heterocycles. The molecule has 0 amide bonds. The Labute approximate surface area is 127 Å². The van der Waals surface area contributed by atoms with E-state index in [-0.39, 0.29) is 5.56 Å². The molecule has 6 nitrogen and oxygen atoms in total. The van der Waals surface area contributed by atoms with Gasteiger partial charge in [0, 0.05) is 0 Å². The van der Waals surface area contributed by atoms with E-state index in [1.54, 1.807) is 0 Å². The van der Waals surface area contributed by atoms with Crippen molar-refractivity contribution in [1.82, 2.24) is 15.2 Å². The second kappa shape index (κ2) is 6.26. The maximum atomic E-state index is 11.6. The van der Waals surface area contributed by atoms with E-state index in [0.717, 1.165) is 28.7 Å². The molecule has 7 heteroatoms. The first-order chi connectivity index (χ1) is 9.97. The Hall–Kier alpha value is -1.89. The molecule has 0 aromatic carbocycles. The summed E-state index contributed by atoms with van der Waals surface area (Å²) in [5.74, 6) is -0.290. The number of aromatic nitrogens is 3. The summed E-state index contributed by atoms with van der Waals surface area (Å²) in [6.07, 6.45) is 1.25. The van der Waals surface area contributed by atoms with Gasteiger partial charge >= 0.3 is 5.97 Å². The highest BCUT2D eigenvalue weighted by Crippen LogP contribution is 2.31. The summed E-state index contributed by atoms with van der Waals surface area (Å²) in [4.78, 5) is 15.8. The van der Waals surface area contributed by atoms with E-state index in [2.05, 4.69) is 15.2 Å². The van der Waals surface area contributed by atoms with Crippen LogP contribution in [0.1, 0.15) is 46.9 Å². The summed E-state index contributed by atoms with van der Waals surface area (Å²) in [7, 11) is 0. The van der Waals surface area contributed by atoms with Crippen LogP contribution in [0.3, 0.4) is 0 Å². The summed E-state index contributed by atoms with van der Waals surface area (Å²) in [6, 6.07) is 0. The largest absolute Gasteiger partial charge is 0.478 e. The summed E-state index contributed by atoms with van der Waals surface area (Å²) in [5.41, 5.74) is 2.42. The summed E-state index contributed by atoms with van der Waals surface area (Å²) in [6.45, 7) is 7.50. The zero-order chi connectivity index (χ0) is 15.6. The highest BCUT2D eigenvalue weighted by Gasteiger charge is 2.22. The first kappa shape index (κ1) is 15.5. The molecule has 1 N–H and O–H groups in total. The van der Waals surface area contributed by atoms with Crippen LogP contribution in [0, 0.1) is 13.8 Å². The molecule has 0 saturated carbocycles. The molecule has 0 bridgehead atoms. The lowest BCUT2D eigenvalue weighted by Gasteiger charge is -2.10. The van der Waals surface area contributed by atoms with Crippen LogP contribution in [0.15, 0.2) is 14.7 Å². The van der Waals surface area contributed by atoms with Crippen LogP contribution in [0.4, 0.5) is 0 Å². The van der Waals surface area contributed by atoms with Crippen LogP contribution in [0.2, 0.25) is 0 Å². The predicted molar refractivity (Wildman–Crippen MR) is 77.8 cm³/mol. The smallest absolute Gasteiger partial charge is 0.338 e. The molecule has 2 heterocycles. The Morgan fingerprint density at radius 2 is 1.95 bits per heavy atom. The van der Waals surface area contributed by atoms with Gasteiger partial charge in [0.2, 0.25) is 0 Å². The molecule has 112 valence electrons. The SMILES string of the molecule is CCc1nnc(Sc2nc(C)c(C)o2)c(C(=O)O)c1CC. The zero-order valence-electron chi connectivity index (χ0n) is 12.4. The van der Waals surface area contributed by atoms with Gasteiger partial charge in [-0.25, -0.2) is 9.78 Å². The number of carboxylic acid groups (broad SMARTS) is 1. The van der Waals surface area contributed by atoms with Crippen molar-refractivity contribution in [2.24, 2.45) is 0 Å². The van der Waals surface area contributed by atoms with Gasteiger partial charge in [-0.05, 0) is 44.0 Å². The molecule has 0 unspecified atom stereocenters. The van der Waals surface area contributed by atoms with Crippen molar-refractivity contribution < 1.29 is 14.3 Å². The molecular weight excluding hydrogens is 290 g/mol. The van der Waals surface area contributed by atoms with E-state index in [1.165, 1.54) is 0 Å². The highest BCUT2D eigenvalue weighted by atomic mass is 32.2. The molecule has 0 fully saturated rings. The fourth-order valence-corrected chi connectivity index (χ4v) is 2.92. The van der Waals surface area contributed by atoms with E-state index >= 15 is 0 Å². The average molecular weight is 307 g/mol. The lowest BCUT2D eigenvalue weighted by Crippen LogP contribution is -2.11. The van der Waals surface area contributed by atoms with Gasteiger partial charge in [0.25, 0.3) is 5.22 Å². The van der Waals surface area contributed by atoms with E-state index in [9.17, 15) is 9.90 Å². The van der Waals surface area contributed by atoms with Crippen LogP contribution in [-0.4, -0.2) is 26.3 Å². The van der Waals surface area contributed by atoms with Gasteiger partial charge in [-0.1, -0.05) is 13.8 Å². The van der Waals surface area contributed by atoms with Gasteiger partial charge in [0.1, 0.15) is 10.8 Å². The zero-order valence-corrected chi connectivity index (χ0v) is 13.2. The quantitative estimate of drug-likeness (QED) is 0.908. The number of carbonyl (C=O) groups is 1. The van der Waals surface area contributed by atoms with Crippen LogP contribution in [0.5, 0.6) is 0 Å². The lowest BCUT2D eigenvalue weighted by atomic mass is 10.0. The Bertz CT molecular complexity index is 663. The van der Waals surface area contributed by atoms with Gasteiger partial charge in [-0.15, -0.1) is 5.10 Å². The van der Waals surface area contributed by atoms with E-state index in [4.69, 9.17) is 4.42 Å². The Morgan fingerprint density at radius 1 is 1.24 bits per heavy atom. The molecule has 0 aliphatic carbocycles. The number of carboxylic acids is 1. The topological polar surface area (TPSA) is 89.1 Å². The molecule has 2 rings (SSSR count). The maximum absolute atomic E-state index is 11.6. The molecule has 21 heavy (non-hydrogen) atoms. The fourth-order valence-electron chi connectivity index (χ4n) is 2.02. The van der Waals surface area contributed by atoms with Crippen LogP contribution in [-0.2, 0) is 12.8 Å². The number of aromatic carboxylic acids is 1. The lowest BCUT2D eigenvalue weighted by molar-refractivity contribution is 0.0690. The molecule has 0 aliphatic rings. The summed E-state index contributed by atoms with van der Waals surface area (Å²) < 4.78 is 5.47. The van der Waals surface area contributed by atoms with Crippen molar-refractivity contribution >= 4 is 17.7 Å². The number of nitrogens with zero attached hydrogens (tertiary/aromatic N) is 3. The van der Waals surface area contributed by atoms with Crippen molar-refractivity contribution in [3.8, 4) is 0 Å². The number of oxazole rings is 1. The van der Waals surface area contributed by atoms with E-state index in [0.29, 0.717) is 28.9 Å². The van der Waals surface area contributed by atoms with E-state index in [1.807, 2.05) is 27.7 Å². The Kier molecular flexibility index (Phi) is 4.62. The van der Waals surface area contributed by atoms with Crippen molar-refractivity contribution in [3.63, 3.8) is 0 Å². The number of hydrogen-bond acceptors (Lipinski definition) is 6. The second-order valence-corrected chi connectivity index (χ2v) is 5.48. The third kappa shape index (κ3) is 3.07. The molecule has 2 aromatic heterocycles. The van der Waals surface area contributed by atoms with Crippen LogP contribution in [0.25, 0.3) is 0 Å². The van der Waals surface area contributed by atoms with Crippen LogP contribution < -0.4 is 0 Å². The number of aryl methyl sites for hydroxylation is 3. The van der Waals surface area contributed by atoms with Crippen molar-refractivity contribution in [1.29, 1.82) is 0 Å². The molecule has 0 atom stereocenters. The molecular formula is C14H17N3O3S. The summed E-state index contributed by atoms with van der Waals surface area (Å²) in [5, 5.41) is 18.4. The molecule has 0 radical (unpaired) electrons. The molecule has 0 saturated heterocycles. The highest BCUT2D eigenvalue weighted by molar-refractivity contribution is 7.99. The third-order valence-electron chi connectivity index (χ3n) is 3.22. The fraction of sp³-hybridized carbons (Fsp3) is 0.429.